The van der Waals surface area contributed by atoms with Crippen LogP contribution in [0.2, 0.25) is 0 Å². The summed E-state index contributed by atoms with van der Waals surface area (Å²) < 4.78 is 8.40. The molecule has 1 aromatic carbocycles. The lowest BCUT2D eigenvalue weighted by Gasteiger charge is -2.31. The lowest BCUT2D eigenvalue weighted by atomic mass is 10.1. The fraction of sp³-hybridized carbons (Fsp3) is 0.500. The fourth-order valence-electron chi connectivity index (χ4n) is 2.51. The van der Waals surface area contributed by atoms with Crippen LogP contribution in [-0.4, -0.2) is 44.1 Å². The molecule has 1 fully saturated rings. The lowest BCUT2D eigenvalue weighted by Crippen LogP contribution is -2.40. The summed E-state index contributed by atoms with van der Waals surface area (Å²) in [6, 6.07) is 6.31. The van der Waals surface area contributed by atoms with Crippen molar-refractivity contribution in [3.8, 4) is 0 Å². The van der Waals surface area contributed by atoms with Gasteiger partial charge in [-0.05, 0) is 42.0 Å². The van der Waals surface area contributed by atoms with Crippen molar-refractivity contribution in [2.24, 2.45) is 0 Å². The first kappa shape index (κ1) is 13.8. The molecular formula is C14H17N3OS2. The molecule has 2 heterocycles. The molecule has 0 N–H and O–H groups in total. The number of thioether (sulfide) groups is 1. The number of hydrogen-bond donors (Lipinski definition) is 0. The highest BCUT2D eigenvalue weighted by atomic mass is 32.2. The molecular weight excluding hydrogens is 290 g/mol. The zero-order chi connectivity index (χ0) is 13.9. The minimum atomic E-state index is 0.199. The van der Waals surface area contributed by atoms with Crippen LogP contribution in [0.5, 0.6) is 0 Å². The fourth-order valence-corrected chi connectivity index (χ4v) is 4.11. The summed E-state index contributed by atoms with van der Waals surface area (Å²) >= 11 is 3.19. The van der Waals surface area contributed by atoms with E-state index in [4.69, 9.17) is 0 Å². The second-order valence-corrected chi connectivity index (χ2v) is 6.87. The first-order valence-corrected chi connectivity index (χ1v) is 8.67. The molecule has 3 rings (SSSR count). The van der Waals surface area contributed by atoms with Crippen LogP contribution < -0.4 is 0 Å². The van der Waals surface area contributed by atoms with Crippen LogP contribution in [0.25, 0.3) is 11.0 Å². The van der Waals surface area contributed by atoms with Gasteiger partial charge in [-0.1, -0.05) is 6.07 Å². The summed E-state index contributed by atoms with van der Waals surface area (Å²) in [7, 11) is 1.94. The highest BCUT2D eigenvalue weighted by Gasteiger charge is 2.22. The number of hydrogen-bond acceptors (Lipinski definition) is 5. The molecule has 1 saturated heterocycles. The quantitative estimate of drug-likeness (QED) is 0.874. The highest BCUT2D eigenvalue weighted by molar-refractivity contribution is 7.99. The highest BCUT2D eigenvalue weighted by Crippen LogP contribution is 2.22. The SMILES string of the molecule is CN(C(=O)Cc1ccc2nsnc2c1)C1CCSCC1. The largest absolute Gasteiger partial charge is 0.342 e. The maximum Gasteiger partial charge on any atom is 0.226 e. The van der Waals surface area contributed by atoms with E-state index in [-0.39, 0.29) is 5.91 Å². The number of fused-ring (bicyclic) bond motifs is 1. The number of rotatable bonds is 3. The predicted octanol–water partition coefficient (Wildman–Crippen LogP) is 2.59. The second-order valence-electron chi connectivity index (χ2n) is 5.11. The van der Waals surface area contributed by atoms with Crippen LogP contribution in [0.1, 0.15) is 18.4 Å². The van der Waals surface area contributed by atoms with Crippen LogP contribution in [-0.2, 0) is 11.2 Å². The average molecular weight is 307 g/mol. The summed E-state index contributed by atoms with van der Waals surface area (Å²) in [4.78, 5) is 14.3. The topological polar surface area (TPSA) is 46.1 Å². The Kier molecular flexibility index (Phi) is 4.21. The number of nitrogens with zero attached hydrogens (tertiary/aromatic N) is 3. The molecule has 1 amide bonds. The predicted molar refractivity (Wildman–Crippen MR) is 84.2 cm³/mol. The van der Waals surface area contributed by atoms with Gasteiger partial charge in [0.1, 0.15) is 11.0 Å². The Bertz CT molecular complexity index is 607. The molecule has 1 aliphatic heterocycles. The molecule has 4 nitrogen and oxygen atoms in total. The minimum absolute atomic E-state index is 0.199. The number of amides is 1. The number of aromatic nitrogens is 2. The van der Waals surface area contributed by atoms with E-state index in [0.29, 0.717) is 12.5 Å². The molecule has 0 aliphatic carbocycles. The first-order chi connectivity index (χ1) is 9.74. The maximum absolute atomic E-state index is 12.4. The van der Waals surface area contributed by atoms with Gasteiger partial charge in [0.15, 0.2) is 0 Å². The van der Waals surface area contributed by atoms with Gasteiger partial charge in [-0.2, -0.15) is 20.5 Å². The van der Waals surface area contributed by atoms with Crippen molar-refractivity contribution in [1.29, 1.82) is 0 Å². The molecule has 1 aliphatic rings. The third kappa shape index (κ3) is 2.96. The minimum Gasteiger partial charge on any atom is -0.342 e. The summed E-state index contributed by atoms with van der Waals surface area (Å²) in [5.41, 5.74) is 2.81. The van der Waals surface area contributed by atoms with Gasteiger partial charge in [0.05, 0.1) is 18.1 Å². The van der Waals surface area contributed by atoms with Crippen molar-refractivity contribution < 1.29 is 4.79 Å². The molecule has 0 radical (unpaired) electrons. The van der Waals surface area contributed by atoms with E-state index in [1.165, 1.54) is 23.2 Å². The second kappa shape index (κ2) is 6.10. The Morgan fingerprint density at radius 3 is 2.85 bits per heavy atom. The Morgan fingerprint density at radius 2 is 2.05 bits per heavy atom. The average Bonchev–Trinajstić information content (AvgIpc) is 2.95. The number of carbonyl (C=O) groups is 1. The van der Waals surface area contributed by atoms with E-state index >= 15 is 0 Å². The van der Waals surface area contributed by atoms with E-state index in [1.54, 1.807) is 0 Å². The third-order valence-electron chi connectivity index (χ3n) is 3.81. The van der Waals surface area contributed by atoms with Gasteiger partial charge >= 0.3 is 0 Å². The van der Waals surface area contributed by atoms with Crippen LogP contribution in [0.15, 0.2) is 18.2 Å². The first-order valence-electron chi connectivity index (χ1n) is 6.78. The van der Waals surface area contributed by atoms with Crippen molar-refractivity contribution in [3.63, 3.8) is 0 Å². The van der Waals surface area contributed by atoms with Crippen molar-refractivity contribution in [1.82, 2.24) is 13.6 Å². The van der Waals surface area contributed by atoms with Gasteiger partial charge in [0.25, 0.3) is 0 Å². The smallest absolute Gasteiger partial charge is 0.226 e. The molecule has 0 unspecified atom stereocenters. The Labute approximate surface area is 126 Å². The van der Waals surface area contributed by atoms with E-state index in [0.717, 1.165) is 29.4 Å². The van der Waals surface area contributed by atoms with Crippen molar-refractivity contribution in [2.45, 2.75) is 25.3 Å². The van der Waals surface area contributed by atoms with Crippen LogP contribution in [0.4, 0.5) is 0 Å². The van der Waals surface area contributed by atoms with E-state index in [2.05, 4.69) is 8.75 Å². The van der Waals surface area contributed by atoms with E-state index in [9.17, 15) is 4.79 Å². The normalized spacial score (nSPS) is 16.4. The van der Waals surface area contributed by atoms with Crippen LogP contribution >= 0.6 is 23.5 Å². The Balaban J connectivity index is 1.67. The van der Waals surface area contributed by atoms with Gasteiger partial charge in [0, 0.05) is 13.1 Å². The van der Waals surface area contributed by atoms with Crippen molar-refractivity contribution in [3.05, 3.63) is 23.8 Å². The molecule has 6 heteroatoms. The summed E-state index contributed by atoms with van der Waals surface area (Å²) in [6.45, 7) is 0. The van der Waals surface area contributed by atoms with Crippen LogP contribution in [0.3, 0.4) is 0 Å². The monoisotopic (exact) mass is 307 g/mol. The van der Waals surface area contributed by atoms with E-state index in [1.807, 2.05) is 41.9 Å². The summed E-state index contributed by atoms with van der Waals surface area (Å²) in [5, 5.41) is 0. The standard InChI is InChI=1S/C14H17N3OS2/c1-17(11-4-6-19-7-5-11)14(18)9-10-2-3-12-13(8-10)16-20-15-12/h2-3,8,11H,4-7,9H2,1H3. The summed E-state index contributed by atoms with van der Waals surface area (Å²) in [6.07, 6.45) is 2.68. The molecule has 0 atom stereocenters. The molecule has 1 aromatic heterocycles. The maximum atomic E-state index is 12.4. The van der Waals surface area contributed by atoms with Gasteiger partial charge < -0.3 is 4.90 Å². The number of carbonyl (C=O) groups excluding carboxylic acids is 1. The molecule has 0 saturated carbocycles. The van der Waals surface area contributed by atoms with E-state index < -0.39 is 0 Å². The number of benzene rings is 1. The van der Waals surface area contributed by atoms with Crippen LogP contribution in [0, 0.1) is 0 Å². The molecule has 0 bridgehead atoms. The zero-order valence-electron chi connectivity index (χ0n) is 11.4. The summed E-state index contributed by atoms with van der Waals surface area (Å²) in [5.74, 6) is 2.53. The molecule has 106 valence electrons. The van der Waals surface area contributed by atoms with Crippen molar-refractivity contribution >= 4 is 40.4 Å². The third-order valence-corrected chi connectivity index (χ3v) is 5.41. The zero-order valence-corrected chi connectivity index (χ0v) is 13.0. The molecule has 0 spiro atoms. The van der Waals surface area contributed by atoms with Gasteiger partial charge in [-0.25, -0.2) is 0 Å². The van der Waals surface area contributed by atoms with Gasteiger partial charge in [-0.3, -0.25) is 4.79 Å². The lowest BCUT2D eigenvalue weighted by molar-refractivity contribution is -0.131. The molecule has 20 heavy (non-hydrogen) atoms. The number of likely N-dealkylation sites (N-methyl/N-ethyl adjacent to an activating group) is 1. The Hall–Kier alpha value is -1.14. The van der Waals surface area contributed by atoms with Gasteiger partial charge in [0.2, 0.25) is 5.91 Å². The van der Waals surface area contributed by atoms with Crippen molar-refractivity contribution in [2.75, 3.05) is 18.6 Å². The Morgan fingerprint density at radius 1 is 1.30 bits per heavy atom. The molecule has 2 aromatic rings. The van der Waals surface area contributed by atoms with Gasteiger partial charge in [-0.15, -0.1) is 0 Å².